The third-order valence-electron chi connectivity index (χ3n) is 8.45. The molecule has 2 saturated carbocycles. The largest absolute Gasteiger partial charge is 0.341 e. The first-order valence-electron chi connectivity index (χ1n) is 14.0. The summed E-state index contributed by atoms with van der Waals surface area (Å²) < 4.78 is 60.1. The number of amides is 1. The van der Waals surface area contributed by atoms with Gasteiger partial charge in [0.25, 0.3) is 15.9 Å². The molecule has 216 valence electrons. The first-order valence-corrected chi connectivity index (χ1v) is 16.4. The minimum Gasteiger partial charge on any atom is -0.341 e. The Morgan fingerprint density at radius 2 is 1.48 bits per heavy atom. The average molecular weight is 592 g/mol. The topological polar surface area (TPSA) is 134 Å². The van der Waals surface area contributed by atoms with Gasteiger partial charge in [-0.15, -0.1) is 11.3 Å². The molecule has 2 N–H and O–H groups in total. The fourth-order valence-electron chi connectivity index (χ4n) is 6.55. The second-order valence-electron chi connectivity index (χ2n) is 11.2. The Hall–Kier alpha value is -2.13. The van der Waals surface area contributed by atoms with Crippen LogP contribution in [-0.4, -0.2) is 61.6 Å². The Morgan fingerprint density at radius 1 is 0.850 bits per heavy atom. The second kappa shape index (κ2) is 10.3. The molecule has 4 heterocycles. The van der Waals surface area contributed by atoms with E-state index in [2.05, 4.69) is 15.0 Å². The van der Waals surface area contributed by atoms with E-state index in [0.717, 1.165) is 64.2 Å². The molecular formula is C27H33N3O8S2. The molecule has 11 nitrogen and oxygen atoms in total. The summed E-state index contributed by atoms with van der Waals surface area (Å²) in [6, 6.07) is 5.94. The number of nitrogens with zero attached hydrogens (tertiary/aromatic N) is 1. The molecule has 5 fully saturated rings. The van der Waals surface area contributed by atoms with Crippen molar-refractivity contribution in [3.8, 4) is 0 Å². The smallest absolute Gasteiger partial charge is 0.263 e. The molecule has 40 heavy (non-hydrogen) atoms. The van der Waals surface area contributed by atoms with Gasteiger partial charge in [-0.05, 0) is 49.9 Å². The van der Waals surface area contributed by atoms with E-state index < -0.39 is 58.2 Å². The van der Waals surface area contributed by atoms with Gasteiger partial charge in [-0.2, -0.15) is 0 Å². The first-order chi connectivity index (χ1) is 19.3. The van der Waals surface area contributed by atoms with Crippen molar-refractivity contribution in [2.24, 2.45) is 0 Å². The van der Waals surface area contributed by atoms with Crippen molar-refractivity contribution in [1.82, 2.24) is 4.98 Å². The molecule has 1 aromatic carbocycles. The average Bonchev–Trinajstić information content (AvgIpc) is 3.67. The molecule has 2 aliphatic carbocycles. The van der Waals surface area contributed by atoms with Crippen LogP contribution in [0.2, 0.25) is 0 Å². The Labute approximate surface area is 236 Å². The van der Waals surface area contributed by atoms with E-state index >= 15 is 0 Å². The molecule has 2 spiro atoms. The van der Waals surface area contributed by atoms with E-state index in [-0.39, 0.29) is 10.0 Å². The molecular weight excluding hydrogens is 558 g/mol. The molecule has 2 aromatic rings. The number of thiazole rings is 1. The molecule has 3 aliphatic heterocycles. The summed E-state index contributed by atoms with van der Waals surface area (Å²) in [6.45, 7) is 0. The van der Waals surface area contributed by atoms with Crippen molar-refractivity contribution in [3.63, 3.8) is 0 Å². The van der Waals surface area contributed by atoms with Crippen molar-refractivity contribution in [2.75, 3.05) is 10.0 Å². The van der Waals surface area contributed by atoms with E-state index in [1.807, 2.05) is 0 Å². The van der Waals surface area contributed by atoms with Gasteiger partial charge in [-0.3, -0.25) is 9.52 Å². The van der Waals surface area contributed by atoms with E-state index in [4.69, 9.17) is 23.7 Å². The van der Waals surface area contributed by atoms with Crippen LogP contribution in [0.25, 0.3) is 0 Å². The van der Waals surface area contributed by atoms with Crippen molar-refractivity contribution < 1.29 is 36.9 Å². The van der Waals surface area contributed by atoms with Crippen molar-refractivity contribution in [1.29, 1.82) is 0 Å². The zero-order valence-corrected chi connectivity index (χ0v) is 23.6. The highest BCUT2D eigenvalue weighted by atomic mass is 32.2. The third kappa shape index (κ3) is 4.95. The van der Waals surface area contributed by atoms with E-state index in [9.17, 15) is 13.2 Å². The lowest BCUT2D eigenvalue weighted by atomic mass is 9.94. The Balaban J connectivity index is 1.09. The molecule has 1 amide bonds. The zero-order chi connectivity index (χ0) is 27.4. The van der Waals surface area contributed by atoms with Crippen LogP contribution in [0.15, 0.2) is 40.7 Å². The number of benzene rings is 1. The molecule has 0 unspecified atom stereocenters. The van der Waals surface area contributed by atoms with Gasteiger partial charge in [0.15, 0.2) is 29.1 Å². The van der Waals surface area contributed by atoms with E-state index in [1.54, 1.807) is 5.38 Å². The number of anilines is 2. The predicted octanol–water partition coefficient (Wildman–Crippen LogP) is 4.13. The molecule has 0 radical (unpaired) electrons. The van der Waals surface area contributed by atoms with Gasteiger partial charge >= 0.3 is 0 Å². The van der Waals surface area contributed by atoms with Crippen molar-refractivity contribution >= 4 is 38.1 Å². The first kappa shape index (κ1) is 26.7. The fraction of sp³-hybridized carbons (Fsp3) is 0.630. The number of nitrogens with one attached hydrogen (secondary N) is 2. The summed E-state index contributed by atoms with van der Waals surface area (Å²) in [4.78, 5) is 17.6. The number of carbonyl (C=O) groups excluding carboxylic acids is 1. The van der Waals surface area contributed by atoms with Crippen LogP contribution < -0.4 is 10.0 Å². The summed E-state index contributed by atoms with van der Waals surface area (Å²) in [5, 5.41) is 4.83. The van der Waals surface area contributed by atoms with Crippen LogP contribution in [0.3, 0.4) is 0 Å². The third-order valence-corrected chi connectivity index (χ3v) is 10.6. The second-order valence-corrected chi connectivity index (χ2v) is 13.8. The number of ether oxygens (including phenoxy) is 5. The maximum absolute atomic E-state index is 13.6. The molecule has 0 bridgehead atoms. The standard InChI is InChI=1S/C27H33N3O8S2/c31-23(29-17-7-9-18(10-8-17)40(32,33)30-25-28-15-16-39-25)21-19-20(36-26(35-19)11-3-1-4-12-26)22-24(34-21)38-27(37-22)13-5-2-6-14-27/h7-10,15-16,19-22,24H,1-6,11-14H2,(H,28,30)(H,29,31)/t19-,20+,21-,22-,24-/m1/s1. The maximum Gasteiger partial charge on any atom is 0.263 e. The summed E-state index contributed by atoms with van der Waals surface area (Å²) in [6.07, 6.45) is 7.62. The summed E-state index contributed by atoms with van der Waals surface area (Å²) in [7, 11) is -3.81. The minimum absolute atomic E-state index is 0.0542. The van der Waals surface area contributed by atoms with Crippen molar-refractivity contribution in [3.05, 3.63) is 35.8 Å². The molecule has 5 atom stereocenters. The van der Waals surface area contributed by atoms with Crippen LogP contribution in [0, 0.1) is 0 Å². The lowest BCUT2D eigenvalue weighted by Gasteiger charge is -2.36. The summed E-state index contributed by atoms with van der Waals surface area (Å²) >= 11 is 1.19. The predicted molar refractivity (Wildman–Crippen MR) is 144 cm³/mol. The number of hydrogen-bond donors (Lipinski definition) is 2. The Bertz CT molecular complexity index is 1320. The van der Waals surface area contributed by atoms with Crippen LogP contribution in [-0.2, 0) is 38.5 Å². The van der Waals surface area contributed by atoms with Crippen LogP contribution in [0.1, 0.15) is 64.2 Å². The molecule has 7 rings (SSSR count). The molecule has 5 aliphatic rings. The highest BCUT2D eigenvalue weighted by Crippen LogP contribution is 2.51. The highest BCUT2D eigenvalue weighted by Gasteiger charge is 2.65. The van der Waals surface area contributed by atoms with Crippen LogP contribution >= 0.6 is 11.3 Å². The van der Waals surface area contributed by atoms with Gasteiger partial charge in [0.2, 0.25) is 0 Å². The molecule has 13 heteroatoms. The molecule has 3 saturated heterocycles. The van der Waals surface area contributed by atoms with Crippen LogP contribution in [0.4, 0.5) is 10.8 Å². The lowest BCUT2D eigenvalue weighted by Crippen LogP contribution is -2.58. The fourth-order valence-corrected chi connectivity index (χ4v) is 8.34. The number of aromatic nitrogens is 1. The lowest BCUT2D eigenvalue weighted by molar-refractivity contribution is -0.246. The van der Waals surface area contributed by atoms with Gasteiger partial charge in [0.05, 0.1) is 4.90 Å². The van der Waals surface area contributed by atoms with Gasteiger partial charge in [0, 0.05) is 42.9 Å². The Morgan fingerprint density at radius 3 is 2.12 bits per heavy atom. The number of rotatable bonds is 5. The van der Waals surface area contributed by atoms with Crippen LogP contribution in [0.5, 0.6) is 0 Å². The number of hydrogen-bond acceptors (Lipinski definition) is 10. The van der Waals surface area contributed by atoms with E-state index in [1.165, 1.54) is 41.8 Å². The highest BCUT2D eigenvalue weighted by molar-refractivity contribution is 7.93. The Kier molecular flexibility index (Phi) is 6.89. The SMILES string of the molecule is O=C(Nc1ccc(S(=O)(=O)Nc2nccs2)cc1)[C@@H]1O[C@@H]2OC3(CCCCC3)O[C@@H]2[C@H]2OC3(CCCCC3)O[C@H]21. The van der Waals surface area contributed by atoms with Gasteiger partial charge in [-0.25, -0.2) is 13.4 Å². The number of carbonyl (C=O) groups is 1. The van der Waals surface area contributed by atoms with E-state index in [0.29, 0.717) is 5.69 Å². The maximum atomic E-state index is 13.6. The summed E-state index contributed by atoms with van der Waals surface area (Å²) in [5.74, 6) is -1.85. The summed E-state index contributed by atoms with van der Waals surface area (Å²) in [5.41, 5.74) is 0.430. The van der Waals surface area contributed by atoms with Gasteiger partial charge < -0.3 is 29.0 Å². The monoisotopic (exact) mass is 591 g/mol. The number of fused-ring (bicyclic) bond motifs is 3. The molecule has 1 aromatic heterocycles. The normalized spacial score (nSPS) is 32.5. The number of sulfonamides is 1. The van der Waals surface area contributed by atoms with Crippen molar-refractivity contribution in [2.45, 2.75) is 111 Å². The minimum atomic E-state index is -3.81. The van der Waals surface area contributed by atoms with Gasteiger partial charge in [-0.1, -0.05) is 12.8 Å². The quantitative estimate of drug-likeness (QED) is 0.526. The zero-order valence-electron chi connectivity index (χ0n) is 22.0. The van der Waals surface area contributed by atoms with Gasteiger partial charge in [0.1, 0.15) is 18.3 Å².